The van der Waals surface area contributed by atoms with Crippen LogP contribution in [0.25, 0.3) is 0 Å². The van der Waals surface area contributed by atoms with E-state index in [1.165, 1.54) is 34.8 Å². The number of rotatable bonds is 7. The average molecular weight is 447 g/mol. The molecule has 0 bridgehead atoms. The Morgan fingerprint density at radius 1 is 1.27 bits per heavy atom. The van der Waals surface area contributed by atoms with Crippen molar-refractivity contribution in [3.63, 3.8) is 0 Å². The van der Waals surface area contributed by atoms with Crippen LogP contribution in [-0.2, 0) is 14.8 Å². The zero-order valence-electron chi connectivity index (χ0n) is 15.9. The molecule has 0 aliphatic carbocycles. The molecule has 156 valence electrons. The van der Waals surface area contributed by atoms with Crippen molar-refractivity contribution in [3.05, 3.63) is 59.1 Å². The highest BCUT2D eigenvalue weighted by Crippen LogP contribution is 2.27. The first-order valence-corrected chi connectivity index (χ1v) is 10.9. The van der Waals surface area contributed by atoms with Crippen LogP contribution in [-0.4, -0.2) is 44.0 Å². The Kier molecular flexibility index (Phi) is 7.05. The van der Waals surface area contributed by atoms with Crippen molar-refractivity contribution in [1.82, 2.24) is 9.73 Å². The highest BCUT2D eigenvalue weighted by molar-refractivity contribution is 7.89. The summed E-state index contributed by atoms with van der Waals surface area (Å²) in [6, 6.07) is 13.7. The Morgan fingerprint density at radius 3 is 2.63 bits per heavy atom. The minimum absolute atomic E-state index is 0.0414. The monoisotopic (exact) mass is 446 g/mol. The van der Waals surface area contributed by atoms with Gasteiger partial charge in [-0.2, -0.15) is 14.7 Å². The first-order chi connectivity index (χ1) is 14.4. The first-order valence-electron chi connectivity index (χ1n) is 9.12. The van der Waals surface area contributed by atoms with Crippen LogP contribution in [0.15, 0.2) is 58.5 Å². The third kappa shape index (κ3) is 5.16. The molecule has 1 heterocycles. The quantitative estimate of drug-likeness (QED) is 0.518. The van der Waals surface area contributed by atoms with Crippen molar-refractivity contribution in [2.45, 2.75) is 23.8 Å². The van der Waals surface area contributed by atoms with Crippen LogP contribution in [0.3, 0.4) is 0 Å². The van der Waals surface area contributed by atoms with Crippen LogP contribution in [0, 0.1) is 11.3 Å². The first kappa shape index (κ1) is 21.8. The molecule has 1 aliphatic heterocycles. The van der Waals surface area contributed by atoms with Gasteiger partial charge >= 0.3 is 0 Å². The highest BCUT2D eigenvalue weighted by Gasteiger charge is 2.39. The van der Waals surface area contributed by atoms with Crippen molar-refractivity contribution < 1.29 is 17.9 Å². The molecule has 10 heteroatoms. The van der Waals surface area contributed by atoms with E-state index in [4.69, 9.17) is 21.6 Å². The molecular weight excluding hydrogens is 428 g/mol. The lowest BCUT2D eigenvalue weighted by molar-refractivity contribution is -0.124. The Morgan fingerprint density at radius 2 is 1.97 bits per heavy atom. The second kappa shape index (κ2) is 9.71. The van der Waals surface area contributed by atoms with E-state index < -0.39 is 22.0 Å². The Labute approximate surface area is 179 Å². The van der Waals surface area contributed by atoms with E-state index in [0.29, 0.717) is 29.2 Å². The summed E-state index contributed by atoms with van der Waals surface area (Å²) in [6.45, 7) is 0.219. The molecule has 0 spiro atoms. The van der Waals surface area contributed by atoms with Gasteiger partial charge in [-0.05, 0) is 66.9 Å². The van der Waals surface area contributed by atoms with Gasteiger partial charge in [0.25, 0.3) is 5.91 Å². The molecule has 2 aromatic carbocycles. The molecule has 0 aromatic heterocycles. The Bertz CT molecular complexity index is 1060. The summed E-state index contributed by atoms with van der Waals surface area (Å²) in [5, 5.41) is 12.9. The predicted molar refractivity (Wildman–Crippen MR) is 112 cm³/mol. The maximum atomic E-state index is 12.9. The van der Waals surface area contributed by atoms with Crippen molar-refractivity contribution >= 4 is 33.7 Å². The van der Waals surface area contributed by atoms with Crippen molar-refractivity contribution in [2.75, 3.05) is 13.2 Å². The summed E-state index contributed by atoms with van der Waals surface area (Å²) < 4.78 is 32.1. The third-order valence-corrected chi connectivity index (χ3v) is 6.67. The lowest BCUT2D eigenvalue weighted by Crippen LogP contribution is -2.44. The molecule has 1 N–H and O–H groups in total. The number of benzene rings is 2. The second-order valence-corrected chi connectivity index (χ2v) is 8.80. The van der Waals surface area contributed by atoms with Crippen LogP contribution >= 0.6 is 11.6 Å². The molecule has 0 saturated carbocycles. The summed E-state index contributed by atoms with van der Waals surface area (Å²) in [4.78, 5) is 12.6. The van der Waals surface area contributed by atoms with Crippen molar-refractivity contribution in [2.24, 2.45) is 5.10 Å². The van der Waals surface area contributed by atoms with E-state index in [-0.39, 0.29) is 18.0 Å². The predicted octanol–water partition coefficient (Wildman–Crippen LogP) is 2.55. The number of halogens is 1. The average Bonchev–Trinajstić information content (AvgIpc) is 3.24. The number of ether oxygens (including phenoxy) is 1. The van der Waals surface area contributed by atoms with Gasteiger partial charge in [0.15, 0.2) is 6.61 Å². The van der Waals surface area contributed by atoms with Gasteiger partial charge in [-0.15, -0.1) is 0 Å². The zero-order chi connectivity index (χ0) is 21.6. The molecule has 1 saturated heterocycles. The molecule has 1 aliphatic rings. The van der Waals surface area contributed by atoms with Crippen LogP contribution in [0.4, 0.5) is 0 Å². The summed E-state index contributed by atoms with van der Waals surface area (Å²) in [5.41, 5.74) is 3.12. The van der Waals surface area contributed by atoms with E-state index in [9.17, 15) is 13.2 Å². The maximum Gasteiger partial charge on any atom is 0.258 e. The number of amides is 1. The van der Waals surface area contributed by atoms with E-state index in [1.54, 1.807) is 24.3 Å². The molecule has 1 amide bonds. The zero-order valence-corrected chi connectivity index (χ0v) is 17.4. The summed E-state index contributed by atoms with van der Waals surface area (Å²) >= 11 is 5.83. The molecule has 30 heavy (non-hydrogen) atoms. The van der Waals surface area contributed by atoms with Gasteiger partial charge in [0.05, 0.1) is 11.1 Å². The molecule has 0 unspecified atom stereocenters. The number of hydrazone groups is 1. The highest BCUT2D eigenvalue weighted by atomic mass is 35.5. The number of nitrogens with zero attached hydrogens (tertiary/aromatic N) is 3. The molecule has 1 atom stereocenters. The number of nitrogens with one attached hydrogen (secondary N) is 1. The molecule has 1 fully saturated rings. The largest absolute Gasteiger partial charge is 0.479 e. The maximum absolute atomic E-state index is 12.9. The standard InChI is InChI=1S/C20H19ClN4O4S/c21-16-5-9-18(10-6-16)30(27,28)25-12-1-2-19(25)20(26)24-23-14-15-3-7-17(8-4-15)29-13-11-22/h3-10,14,19H,1-2,12-13H2,(H,24,26)/b23-14-/t19-/m1/s1. The third-order valence-electron chi connectivity index (χ3n) is 4.50. The van der Waals surface area contributed by atoms with E-state index >= 15 is 0 Å². The lowest BCUT2D eigenvalue weighted by Gasteiger charge is -2.22. The minimum Gasteiger partial charge on any atom is -0.479 e. The summed E-state index contributed by atoms with van der Waals surface area (Å²) in [5.74, 6) is 0.0574. The fourth-order valence-electron chi connectivity index (χ4n) is 3.04. The van der Waals surface area contributed by atoms with E-state index in [0.717, 1.165) is 0 Å². The second-order valence-electron chi connectivity index (χ2n) is 6.48. The SMILES string of the molecule is N#CCOc1ccc(/C=N\NC(=O)[C@H]2CCCN2S(=O)(=O)c2ccc(Cl)cc2)cc1. The minimum atomic E-state index is -3.81. The van der Waals surface area contributed by atoms with Gasteiger partial charge < -0.3 is 4.74 Å². The smallest absolute Gasteiger partial charge is 0.258 e. The number of carbonyl (C=O) groups excluding carboxylic acids is 1. The van der Waals surface area contributed by atoms with E-state index in [1.807, 2.05) is 6.07 Å². The molecular formula is C20H19ClN4O4S. The van der Waals surface area contributed by atoms with Crippen molar-refractivity contribution in [3.8, 4) is 11.8 Å². The van der Waals surface area contributed by atoms with Crippen LogP contribution in [0.5, 0.6) is 5.75 Å². The van der Waals surface area contributed by atoms with Crippen LogP contribution in [0.1, 0.15) is 18.4 Å². The topological polar surface area (TPSA) is 112 Å². The van der Waals surface area contributed by atoms with Gasteiger partial charge in [0.1, 0.15) is 17.9 Å². The normalized spacial score (nSPS) is 17.0. The van der Waals surface area contributed by atoms with Gasteiger partial charge in [-0.3, -0.25) is 4.79 Å². The fraction of sp³-hybridized carbons (Fsp3) is 0.250. The fourth-order valence-corrected chi connectivity index (χ4v) is 4.82. The van der Waals surface area contributed by atoms with Gasteiger partial charge in [0.2, 0.25) is 10.0 Å². The lowest BCUT2D eigenvalue weighted by atomic mass is 10.2. The number of hydrogen-bond donors (Lipinski definition) is 1. The number of carbonyl (C=O) groups is 1. The molecule has 0 radical (unpaired) electrons. The molecule has 2 aromatic rings. The molecule has 8 nitrogen and oxygen atoms in total. The Hall–Kier alpha value is -2.93. The van der Waals surface area contributed by atoms with Gasteiger partial charge in [0, 0.05) is 11.6 Å². The number of sulfonamides is 1. The number of hydrogen-bond acceptors (Lipinski definition) is 6. The van der Waals surface area contributed by atoms with Crippen LogP contribution < -0.4 is 10.2 Å². The van der Waals surface area contributed by atoms with Crippen molar-refractivity contribution in [1.29, 1.82) is 5.26 Å². The van der Waals surface area contributed by atoms with E-state index in [2.05, 4.69) is 10.5 Å². The summed E-state index contributed by atoms with van der Waals surface area (Å²) in [7, 11) is -3.81. The summed E-state index contributed by atoms with van der Waals surface area (Å²) in [6.07, 6.45) is 2.44. The Balaban J connectivity index is 1.64. The van der Waals surface area contributed by atoms with Crippen LogP contribution in [0.2, 0.25) is 5.02 Å². The van der Waals surface area contributed by atoms with Gasteiger partial charge in [-0.25, -0.2) is 13.8 Å². The number of nitriles is 1. The molecule has 3 rings (SSSR count). The van der Waals surface area contributed by atoms with Gasteiger partial charge in [-0.1, -0.05) is 11.6 Å².